The molecule has 0 aromatic heterocycles. The van der Waals surface area contributed by atoms with Crippen LogP contribution in [-0.2, 0) is 4.79 Å². The first-order valence-electron chi connectivity index (χ1n) is 5.28. The lowest BCUT2D eigenvalue weighted by atomic mass is 10.1. The van der Waals surface area contributed by atoms with E-state index >= 15 is 0 Å². The summed E-state index contributed by atoms with van der Waals surface area (Å²) < 4.78 is 5.02. The topological polar surface area (TPSA) is 58.6 Å². The number of rotatable bonds is 5. The van der Waals surface area contributed by atoms with Crippen molar-refractivity contribution in [1.29, 1.82) is 0 Å². The zero-order valence-electron chi connectivity index (χ0n) is 10.0. The lowest BCUT2D eigenvalue weighted by molar-refractivity contribution is -0.139. The molecule has 0 aliphatic carbocycles. The van der Waals surface area contributed by atoms with Gasteiger partial charge in [0.1, 0.15) is 11.8 Å². The molecule has 0 heterocycles. The maximum absolute atomic E-state index is 11.2. The highest BCUT2D eigenvalue weighted by atomic mass is 35.5. The molecule has 1 aromatic carbocycles. The van der Waals surface area contributed by atoms with Crippen LogP contribution >= 0.6 is 11.6 Å². The van der Waals surface area contributed by atoms with Crippen molar-refractivity contribution in [3.05, 3.63) is 28.8 Å². The molecular weight excluding hydrogens is 242 g/mol. The van der Waals surface area contributed by atoms with Gasteiger partial charge in [0.2, 0.25) is 0 Å². The van der Waals surface area contributed by atoms with Gasteiger partial charge in [-0.25, -0.2) is 0 Å². The number of methoxy groups -OCH3 is 1. The summed E-state index contributed by atoms with van der Waals surface area (Å²) >= 11 is 5.97. The first-order chi connectivity index (χ1) is 7.95. The Labute approximate surface area is 106 Å². The van der Waals surface area contributed by atoms with Crippen molar-refractivity contribution in [2.24, 2.45) is 0 Å². The van der Waals surface area contributed by atoms with Gasteiger partial charge in [0.15, 0.2) is 0 Å². The Balaban J connectivity index is 3.02. The fourth-order valence-corrected chi connectivity index (χ4v) is 1.77. The van der Waals surface area contributed by atoms with Crippen LogP contribution in [-0.4, -0.2) is 24.2 Å². The molecule has 1 aromatic rings. The van der Waals surface area contributed by atoms with Crippen molar-refractivity contribution < 1.29 is 14.6 Å². The summed E-state index contributed by atoms with van der Waals surface area (Å²) in [6.45, 7) is 3.78. The van der Waals surface area contributed by atoms with Crippen LogP contribution in [0.15, 0.2) is 18.2 Å². The van der Waals surface area contributed by atoms with Gasteiger partial charge in [-0.05, 0) is 31.5 Å². The molecule has 0 radical (unpaired) electrons. The number of carboxylic acid groups (broad SMARTS) is 1. The minimum atomic E-state index is -0.931. The minimum Gasteiger partial charge on any atom is -0.495 e. The van der Waals surface area contributed by atoms with Crippen LogP contribution in [0, 0.1) is 0 Å². The molecule has 5 heteroatoms. The van der Waals surface area contributed by atoms with E-state index in [1.807, 2.05) is 13.8 Å². The van der Waals surface area contributed by atoms with Crippen molar-refractivity contribution in [3.8, 4) is 5.75 Å². The lowest BCUT2D eigenvalue weighted by Crippen LogP contribution is -2.33. The van der Waals surface area contributed by atoms with Crippen LogP contribution in [0.25, 0.3) is 0 Å². The van der Waals surface area contributed by atoms with Gasteiger partial charge in [0.05, 0.1) is 12.1 Å². The summed E-state index contributed by atoms with van der Waals surface area (Å²) in [4.78, 5) is 11.2. The molecule has 4 nitrogen and oxygen atoms in total. The van der Waals surface area contributed by atoms with Crippen LogP contribution in [0.4, 0.5) is 0 Å². The van der Waals surface area contributed by atoms with E-state index in [9.17, 15) is 4.79 Å². The lowest BCUT2D eigenvalue weighted by Gasteiger charge is -2.18. The van der Waals surface area contributed by atoms with Gasteiger partial charge in [0.25, 0.3) is 0 Å². The Bertz CT molecular complexity index is 407. The number of benzene rings is 1. The van der Waals surface area contributed by atoms with Crippen molar-refractivity contribution in [1.82, 2.24) is 5.32 Å². The summed E-state index contributed by atoms with van der Waals surface area (Å²) in [5.41, 5.74) is 0.608. The van der Waals surface area contributed by atoms with Gasteiger partial charge in [-0.1, -0.05) is 17.7 Å². The fourth-order valence-electron chi connectivity index (χ4n) is 1.51. The Morgan fingerprint density at radius 3 is 2.53 bits per heavy atom. The van der Waals surface area contributed by atoms with Gasteiger partial charge in [-0.15, -0.1) is 0 Å². The monoisotopic (exact) mass is 257 g/mol. The van der Waals surface area contributed by atoms with E-state index in [0.717, 1.165) is 0 Å². The molecule has 94 valence electrons. The molecule has 17 heavy (non-hydrogen) atoms. The number of nitrogens with one attached hydrogen (secondary N) is 1. The van der Waals surface area contributed by atoms with Crippen molar-refractivity contribution in [3.63, 3.8) is 0 Å². The minimum absolute atomic E-state index is 0.0666. The second-order valence-electron chi connectivity index (χ2n) is 3.99. The number of ether oxygens (including phenoxy) is 1. The molecule has 0 saturated heterocycles. The second kappa shape index (κ2) is 5.89. The van der Waals surface area contributed by atoms with Gasteiger partial charge in [-0.3, -0.25) is 10.1 Å². The predicted octanol–water partition coefficient (Wildman–Crippen LogP) is 2.47. The van der Waals surface area contributed by atoms with E-state index in [2.05, 4.69) is 5.32 Å². The van der Waals surface area contributed by atoms with Gasteiger partial charge < -0.3 is 9.84 Å². The third-order valence-corrected chi connectivity index (χ3v) is 2.55. The fraction of sp³-hybridized carbons (Fsp3) is 0.417. The summed E-state index contributed by atoms with van der Waals surface area (Å²) in [6.07, 6.45) is 0. The molecule has 0 aliphatic rings. The predicted molar refractivity (Wildman–Crippen MR) is 66.7 cm³/mol. The molecule has 0 bridgehead atoms. The Morgan fingerprint density at radius 1 is 1.47 bits per heavy atom. The van der Waals surface area contributed by atoms with E-state index in [1.54, 1.807) is 18.2 Å². The van der Waals surface area contributed by atoms with Crippen molar-refractivity contribution in [2.45, 2.75) is 25.9 Å². The largest absolute Gasteiger partial charge is 0.495 e. The number of carboxylic acids is 1. The van der Waals surface area contributed by atoms with Crippen LogP contribution in [0.3, 0.4) is 0 Å². The zero-order valence-corrected chi connectivity index (χ0v) is 10.8. The number of aliphatic carboxylic acids is 1. The molecule has 0 saturated carbocycles. The molecule has 0 aliphatic heterocycles. The smallest absolute Gasteiger partial charge is 0.325 e. The number of hydrogen-bond acceptors (Lipinski definition) is 3. The van der Waals surface area contributed by atoms with E-state index in [1.165, 1.54) is 7.11 Å². The van der Waals surface area contributed by atoms with Crippen LogP contribution in [0.2, 0.25) is 5.02 Å². The Hall–Kier alpha value is -1.26. The standard InChI is InChI=1S/C12H16ClNO3/c1-7(2)14-11(12(15)16)8-4-5-10(17-3)9(13)6-8/h4-7,11,14H,1-3H3,(H,15,16). The van der Waals surface area contributed by atoms with Gasteiger partial charge >= 0.3 is 5.97 Å². The first-order valence-corrected chi connectivity index (χ1v) is 5.65. The van der Waals surface area contributed by atoms with Crippen LogP contribution < -0.4 is 10.1 Å². The summed E-state index contributed by atoms with van der Waals surface area (Å²) in [5, 5.41) is 12.5. The van der Waals surface area contributed by atoms with Crippen molar-refractivity contribution in [2.75, 3.05) is 7.11 Å². The molecule has 0 fully saturated rings. The van der Waals surface area contributed by atoms with Crippen LogP contribution in [0.5, 0.6) is 5.75 Å². The molecule has 0 spiro atoms. The SMILES string of the molecule is COc1ccc(C(NC(C)C)C(=O)O)cc1Cl. The normalized spacial score (nSPS) is 12.5. The number of hydrogen-bond donors (Lipinski definition) is 2. The zero-order chi connectivity index (χ0) is 13.0. The molecule has 1 unspecified atom stereocenters. The van der Waals surface area contributed by atoms with Gasteiger partial charge in [0, 0.05) is 6.04 Å². The molecule has 1 rings (SSSR count). The highest BCUT2D eigenvalue weighted by Gasteiger charge is 2.21. The molecule has 1 atom stereocenters. The van der Waals surface area contributed by atoms with Crippen molar-refractivity contribution >= 4 is 17.6 Å². The third-order valence-electron chi connectivity index (χ3n) is 2.26. The van der Waals surface area contributed by atoms with E-state index in [0.29, 0.717) is 16.3 Å². The molecular formula is C12H16ClNO3. The Kier molecular flexibility index (Phi) is 4.78. The first kappa shape index (κ1) is 13.8. The Morgan fingerprint density at radius 2 is 2.12 bits per heavy atom. The highest BCUT2D eigenvalue weighted by molar-refractivity contribution is 6.32. The van der Waals surface area contributed by atoms with E-state index in [-0.39, 0.29) is 6.04 Å². The summed E-state index contributed by atoms with van der Waals surface area (Å²) in [7, 11) is 1.52. The molecule has 0 amide bonds. The summed E-state index contributed by atoms with van der Waals surface area (Å²) in [6, 6.07) is 4.26. The summed E-state index contributed by atoms with van der Waals surface area (Å²) in [5.74, 6) is -0.399. The van der Waals surface area contributed by atoms with E-state index in [4.69, 9.17) is 21.4 Å². The second-order valence-corrected chi connectivity index (χ2v) is 4.39. The highest BCUT2D eigenvalue weighted by Crippen LogP contribution is 2.27. The average molecular weight is 258 g/mol. The quantitative estimate of drug-likeness (QED) is 0.851. The average Bonchev–Trinajstić information content (AvgIpc) is 2.25. The van der Waals surface area contributed by atoms with E-state index < -0.39 is 12.0 Å². The van der Waals surface area contributed by atoms with Gasteiger partial charge in [-0.2, -0.15) is 0 Å². The molecule has 2 N–H and O–H groups in total. The maximum atomic E-state index is 11.2. The number of carbonyl (C=O) groups is 1. The maximum Gasteiger partial charge on any atom is 0.325 e. The third kappa shape index (κ3) is 3.61. The number of halogens is 1. The van der Waals surface area contributed by atoms with Crippen LogP contribution in [0.1, 0.15) is 25.5 Å².